The number of aryl methyl sites for hydroxylation is 1. The number of carbonyl (C=O) groups is 1. The van der Waals surface area contributed by atoms with Crippen molar-refractivity contribution in [3.8, 4) is 0 Å². The quantitative estimate of drug-likeness (QED) is 0.170. The lowest BCUT2D eigenvalue weighted by Crippen LogP contribution is -2.56. The first kappa shape index (κ1) is 30.2. The molecule has 42 heavy (non-hydrogen) atoms. The zero-order chi connectivity index (χ0) is 30.1. The Labute approximate surface area is 263 Å². The number of halogens is 2. The SMILES string of the molecule is Cc1ccccc1NC1=NC(=S)N(c2ccc(C(=O)N/N=C/c3ccc(Cl)cc3Cl)cc2)C12CCC(C(C)(C)C)CC2. The number of amides is 1. The molecule has 0 radical (unpaired) electrons. The molecule has 0 unspecified atom stereocenters. The van der Waals surface area contributed by atoms with Gasteiger partial charge in [-0.05, 0) is 104 Å². The number of para-hydroxylation sites is 1. The van der Waals surface area contributed by atoms with Gasteiger partial charge in [0, 0.05) is 27.5 Å². The van der Waals surface area contributed by atoms with Crippen molar-refractivity contribution in [1.29, 1.82) is 0 Å². The van der Waals surface area contributed by atoms with Gasteiger partial charge in [0.25, 0.3) is 5.91 Å². The molecule has 1 spiro atoms. The van der Waals surface area contributed by atoms with Crippen LogP contribution < -0.4 is 15.6 Å². The smallest absolute Gasteiger partial charge is 0.271 e. The number of nitrogens with one attached hydrogen (secondary N) is 2. The van der Waals surface area contributed by atoms with Crippen molar-refractivity contribution >= 4 is 69.9 Å². The lowest BCUT2D eigenvalue weighted by molar-refractivity contribution is 0.0955. The minimum Gasteiger partial charge on any atom is -0.341 e. The molecule has 5 rings (SSSR count). The van der Waals surface area contributed by atoms with Crippen LogP contribution in [0, 0.1) is 18.3 Å². The molecule has 218 valence electrons. The number of nitrogens with zero attached hydrogens (tertiary/aromatic N) is 3. The Morgan fingerprint density at radius 3 is 2.40 bits per heavy atom. The summed E-state index contributed by atoms with van der Waals surface area (Å²) in [6.07, 6.45) is 5.50. The maximum Gasteiger partial charge on any atom is 0.271 e. The summed E-state index contributed by atoms with van der Waals surface area (Å²) in [5.74, 6) is 1.19. The van der Waals surface area contributed by atoms with Gasteiger partial charge in [0.2, 0.25) is 5.11 Å². The average molecular weight is 621 g/mol. The highest BCUT2D eigenvalue weighted by atomic mass is 35.5. The number of benzene rings is 3. The molecule has 0 atom stereocenters. The fourth-order valence-corrected chi connectivity index (χ4v) is 6.72. The first-order valence-electron chi connectivity index (χ1n) is 14.1. The Balaban J connectivity index is 1.37. The maximum atomic E-state index is 12.8. The molecule has 0 bridgehead atoms. The van der Waals surface area contributed by atoms with Gasteiger partial charge < -0.3 is 10.2 Å². The summed E-state index contributed by atoms with van der Waals surface area (Å²) in [6, 6.07) is 20.8. The van der Waals surface area contributed by atoms with E-state index in [1.54, 1.807) is 30.3 Å². The molecule has 2 N–H and O–H groups in total. The second kappa shape index (κ2) is 12.2. The molecule has 1 amide bonds. The van der Waals surface area contributed by atoms with Crippen LogP contribution in [-0.2, 0) is 0 Å². The molecule has 1 aliphatic carbocycles. The van der Waals surface area contributed by atoms with E-state index in [2.05, 4.69) is 60.6 Å². The van der Waals surface area contributed by atoms with Gasteiger partial charge in [-0.3, -0.25) is 4.79 Å². The van der Waals surface area contributed by atoms with Crippen LogP contribution in [0.5, 0.6) is 0 Å². The normalized spacial score (nSPS) is 20.7. The Kier molecular flexibility index (Phi) is 8.74. The number of carbonyl (C=O) groups excluding carboxylic acids is 1. The van der Waals surface area contributed by atoms with E-state index in [1.807, 2.05) is 24.3 Å². The second-order valence-electron chi connectivity index (χ2n) is 12.1. The van der Waals surface area contributed by atoms with Crippen molar-refractivity contribution < 1.29 is 4.79 Å². The Bertz CT molecular complexity index is 1550. The first-order chi connectivity index (χ1) is 20.0. The summed E-state index contributed by atoms with van der Waals surface area (Å²) in [4.78, 5) is 19.9. The number of hydrazone groups is 1. The minimum absolute atomic E-state index is 0.239. The van der Waals surface area contributed by atoms with Crippen molar-refractivity contribution in [2.45, 2.75) is 58.9 Å². The van der Waals surface area contributed by atoms with E-state index in [-0.39, 0.29) is 16.9 Å². The number of thiocarbonyl (C=S) groups is 1. The summed E-state index contributed by atoms with van der Waals surface area (Å²) in [5.41, 5.74) is 6.65. The van der Waals surface area contributed by atoms with Crippen molar-refractivity contribution in [3.05, 3.63) is 93.5 Å². The first-order valence-corrected chi connectivity index (χ1v) is 15.3. The minimum atomic E-state index is -0.382. The van der Waals surface area contributed by atoms with Gasteiger partial charge in [0.05, 0.1) is 11.2 Å². The molecule has 6 nitrogen and oxygen atoms in total. The van der Waals surface area contributed by atoms with Crippen molar-refractivity contribution in [3.63, 3.8) is 0 Å². The number of hydrogen-bond acceptors (Lipinski definition) is 4. The van der Waals surface area contributed by atoms with Gasteiger partial charge >= 0.3 is 0 Å². The van der Waals surface area contributed by atoms with E-state index < -0.39 is 0 Å². The molecule has 1 saturated carbocycles. The largest absolute Gasteiger partial charge is 0.341 e. The van der Waals surface area contributed by atoms with Gasteiger partial charge in [-0.2, -0.15) is 5.10 Å². The Morgan fingerprint density at radius 1 is 1.07 bits per heavy atom. The fourth-order valence-electron chi connectivity index (χ4n) is 5.90. The zero-order valence-electron chi connectivity index (χ0n) is 24.2. The predicted molar refractivity (Wildman–Crippen MR) is 179 cm³/mol. The van der Waals surface area contributed by atoms with Crippen LogP contribution in [0.25, 0.3) is 0 Å². The van der Waals surface area contributed by atoms with Gasteiger partial charge in [-0.15, -0.1) is 0 Å². The number of rotatable bonds is 5. The fraction of sp³-hybridized carbons (Fsp3) is 0.333. The summed E-state index contributed by atoms with van der Waals surface area (Å²) in [7, 11) is 0. The lowest BCUT2D eigenvalue weighted by atomic mass is 9.66. The molecule has 3 aromatic carbocycles. The van der Waals surface area contributed by atoms with Crippen molar-refractivity contribution in [2.24, 2.45) is 21.4 Å². The Morgan fingerprint density at radius 2 is 1.76 bits per heavy atom. The Hall–Kier alpha value is -3.26. The van der Waals surface area contributed by atoms with Crippen LogP contribution in [0.4, 0.5) is 11.4 Å². The molecule has 0 saturated heterocycles. The molecule has 1 heterocycles. The van der Waals surface area contributed by atoms with E-state index in [0.717, 1.165) is 48.5 Å². The second-order valence-corrected chi connectivity index (χ2v) is 13.3. The molecule has 1 aliphatic heterocycles. The van der Waals surface area contributed by atoms with Crippen LogP contribution in [0.1, 0.15) is 67.9 Å². The van der Waals surface area contributed by atoms with E-state index in [1.165, 1.54) is 6.21 Å². The topological polar surface area (TPSA) is 69.1 Å². The lowest BCUT2D eigenvalue weighted by Gasteiger charge is -2.47. The summed E-state index contributed by atoms with van der Waals surface area (Å²) < 4.78 is 0. The molecule has 2 aliphatic rings. The molecule has 3 aromatic rings. The van der Waals surface area contributed by atoms with Crippen LogP contribution in [0.2, 0.25) is 10.0 Å². The molecule has 0 aromatic heterocycles. The summed E-state index contributed by atoms with van der Waals surface area (Å²) >= 11 is 18.0. The number of amidine groups is 1. The zero-order valence-corrected chi connectivity index (χ0v) is 26.6. The van der Waals surface area contributed by atoms with Gasteiger partial charge in [0.15, 0.2) is 0 Å². The summed E-state index contributed by atoms with van der Waals surface area (Å²) in [6.45, 7) is 9.07. The summed E-state index contributed by atoms with van der Waals surface area (Å²) in [5, 5.41) is 9.23. The third-order valence-corrected chi connectivity index (χ3v) is 9.26. The van der Waals surface area contributed by atoms with Crippen molar-refractivity contribution in [2.75, 3.05) is 10.2 Å². The van der Waals surface area contributed by atoms with E-state index in [9.17, 15) is 4.79 Å². The highest BCUT2D eigenvalue weighted by Gasteiger charge is 2.51. The average Bonchev–Trinajstić information content (AvgIpc) is 3.20. The van der Waals surface area contributed by atoms with E-state index in [4.69, 9.17) is 40.4 Å². The monoisotopic (exact) mass is 619 g/mol. The highest BCUT2D eigenvalue weighted by Crippen LogP contribution is 2.48. The van der Waals surface area contributed by atoms with Crippen LogP contribution in [0.3, 0.4) is 0 Å². The molecular weight excluding hydrogens is 585 g/mol. The standard InChI is InChI=1S/C33H35Cl2N5OS/c1-21-7-5-6-8-28(21)37-30-33(17-15-24(16-18-33)32(2,3)4)40(31(42)38-30)26-13-10-22(11-14-26)29(41)39-36-20-23-9-12-25(34)19-27(23)35/h5-14,19-20,24H,15-18H2,1-4H3,(H,39,41)(H,37,38,42)/b36-20+. The molecule has 1 fully saturated rings. The third kappa shape index (κ3) is 6.24. The van der Waals surface area contributed by atoms with Gasteiger partial charge in [-0.25, -0.2) is 10.4 Å². The van der Waals surface area contributed by atoms with Gasteiger partial charge in [-0.1, -0.05) is 68.2 Å². The molecular formula is C33H35Cl2N5OS. The highest BCUT2D eigenvalue weighted by molar-refractivity contribution is 7.80. The number of anilines is 2. The van der Waals surface area contributed by atoms with E-state index >= 15 is 0 Å². The third-order valence-electron chi connectivity index (χ3n) is 8.42. The number of aliphatic imine (C=N–C) groups is 1. The van der Waals surface area contributed by atoms with Crippen LogP contribution >= 0.6 is 35.4 Å². The van der Waals surface area contributed by atoms with Crippen LogP contribution in [-0.4, -0.2) is 28.6 Å². The predicted octanol–water partition coefficient (Wildman–Crippen LogP) is 8.66. The molecule has 9 heteroatoms. The van der Waals surface area contributed by atoms with Gasteiger partial charge in [0.1, 0.15) is 11.4 Å². The number of hydrogen-bond donors (Lipinski definition) is 2. The van der Waals surface area contributed by atoms with Crippen molar-refractivity contribution in [1.82, 2.24) is 5.43 Å². The van der Waals surface area contributed by atoms with E-state index in [0.29, 0.717) is 32.2 Å². The maximum absolute atomic E-state index is 12.8. The van der Waals surface area contributed by atoms with Crippen LogP contribution in [0.15, 0.2) is 76.8 Å².